The largest absolute Gasteiger partial charge is 0.493 e. The van der Waals surface area contributed by atoms with E-state index in [1.807, 2.05) is 0 Å². The number of alkyl halides is 3. The first-order valence-electron chi connectivity index (χ1n) is 5.13. The number of esters is 1. The number of fused-ring (bicyclic) bond motifs is 1. The summed E-state index contributed by atoms with van der Waals surface area (Å²) >= 11 is 0. The number of methoxy groups -OCH3 is 2. The molecule has 0 fully saturated rings. The van der Waals surface area contributed by atoms with Crippen LogP contribution in [0.15, 0.2) is 22.8 Å². The molecule has 0 aliphatic rings. The van der Waals surface area contributed by atoms with E-state index < -0.39 is 17.7 Å². The van der Waals surface area contributed by atoms with Gasteiger partial charge in [-0.3, -0.25) is 0 Å². The predicted octanol–water partition coefficient (Wildman–Crippen LogP) is 3.25. The number of hydrogen-bond acceptors (Lipinski definition) is 4. The molecule has 0 saturated carbocycles. The molecule has 2 aromatic rings. The Morgan fingerprint density at radius 3 is 2.47 bits per heavy atom. The van der Waals surface area contributed by atoms with Crippen molar-refractivity contribution in [2.75, 3.05) is 14.2 Å². The van der Waals surface area contributed by atoms with Gasteiger partial charge >= 0.3 is 12.1 Å². The van der Waals surface area contributed by atoms with Crippen molar-refractivity contribution < 1.29 is 31.9 Å². The van der Waals surface area contributed by atoms with Crippen molar-refractivity contribution in [1.29, 1.82) is 0 Å². The Morgan fingerprint density at radius 1 is 1.26 bits per heavy atom. The average Bonchev–Trinajstić information content (AvgIpc) is 2.80. The molecule has 0 radical (unpaired) electrons. The molecule has 1 aromatic carbocycles. The summed E-state index contributed by atoms with van der Waals surface area (Å²) in [6.07, 6.45) is -3.99. The van der Waals surface area contributed by atoms with Gasteiger partial charge in [0, 0.05) is 5.39 Å². The molecule has 7 heteroatoms. The summed E-state index contributed by atoms with van der Waals surface area (Å²) in [6.45, 7) is 0. The lowest BCUT2D eigenvalue weighted by molar-refractivity contribution is -0.136. The average molecular weight is 274 g/mol. The Kier molecular flexibility index (Phi) is 3.13. The smallest absolute Gasteiger partial charge is 0.420 e. The minimum atomic E-state index is -4.58. The Balaban J connectivity index is 2.74. The van der Waals surface area contributed by atoms with Crippen molar-refractivity contribution in [2.24, 2.45) is 0 Å². The number of halogens is 3. The number of rotatable bonds is 2. The first-order valence-corrected chi connectivity index (χ1v) is 5.13. The van der Waals surface area contributed by atoms with Crippen LogP contribution in [0.2, 0.25) is 0 Å². The van der Waals surface area contributed by atoms with Crippen LogP contribution in [0, 0.1) is 0 Å². The molecule has 0 amide bonds. The monoisotopic (exact) mass is 274 g/mol. The second-order valence-electron chi connectivity index (χ2n) is 3.69. The van der Waals surface area contributed by atoms with Crippen molar-refractivity contribution in [3.63, 3.8) is 0 Å². The van der Waals surface area contributed by atoms with Gasteiger partial charge in [0.1, 0.15) is 11.8 Å². The van der Waals surface area contributed by atoms with E-state index in [0.717, 1.165) is 13.2 Å². The molecule has 0 aliphatic carbocycles. The lowest BCUT2D eigenvalue weighted by Gasteiger charge is -2.06. The Labute approximate surface area is 105 Å². The van der Waals surface area contributed by atoms with E-state index in [0.29, 0.717) is 6.26 Å². The van der Waals surface area contributed by atoms with Gasteiger partial charge in [0.15, 0.2) is 11.3 Å². The minimum Gasteiger partial charge on any atom is -0.493 e. The van der Waals surface area contributed by atoms with E-state index in [9.17, 15) is 18.0 Å². The highest BCUT2D eigenvalue weighted by Gasteiger charge is 2.35. The lowest BCUT2D eigenvalue weighted by atomic mass is 10.1. The number of furan rings is 1. The molecule has 0 saturated heterocycles. The molecular weight excluding hydrogens is 265 g/mol. The summed E-state index contributed by atoms with van der Waals surface area (Å²) in [5.74, 6) is -0.720. The highest BCUT2D eigenvalue weighted by atomic mass is 19.4. The van der Waals surface area contributed by atoms with Crippen molar-refractivity contribution in [2.45, 2.75) is 6.18 Å². The third kappa shape index (κ3) is 2.23. The van der Waals surface area contributed by atoms with Crippen LogP contribution in [0.25, 0.3) is 11.0 Å². The molecule has 2 rings (SSSR count). The molecule has 0 unspecified atom stereocenters. The van der Waals surface area contributed by atoms with Gasteiger partial charge in [-0.15, -0.1) is 0 Å². The second-order valence-corrected chi connectivity index (χ2v) is 3.69. The normalized spacial score (nSPS) is 11.6. The van der Waals surface area contributed by atoms with Gasteiger partial charge in [-0.25, -0.2) is 4.79 Å². The fourth-order valence-electron chi connectivity index (χ4n) is 1.71. The molecule has 19 heavy (non-hydrogen) atoms. The molecule has 4 nitrogen and oxygen atoms in total. The molecule has 0 N–H and O–H groups in total. The van der Waals surface area contributed by atoms with Gasteiger partial charge in [-0.05, 0) is 12.1 Å². The molecule has 0 bridgehead atoms. The van der Waals surface area contributed by atoms with Crippen LogP contribution in [0.4, 0.5) is 13.2 Å². The zero-order valence-electron chi connectivity index (χ0n) is 10.00. The van der Waals surface area contributed by atoms with Crippen molar-refractivity contribution in [3.05, 3.63) is 29.5 Å². The maximum absolute atomic E-state index is 12.8. The van der Waals surface area contributed by atoms with Gasteiger partial charge in [-0.1, -0.05) is 0 Å². The second kappa shape index (κ2) is 4.49. The van der Waals surface area contributed by atoms with Crippen molar-refractivity contribution >= 4 is 16.9 Å². The summed E-state index contributed by atoms with van der Waals surface area (Å²) in [5, 5.41) is -0.243. The van der Waals surface area contributed by atoms with Crippen LogP contribution >= 0.6 is 0 Å². The van der Waals surface area contributed by atoms with Gasteiger partial charge in [0.05, 0.1) is 19.8 Å². The number of hydrogen-bond donors (Lipinski definition) is 0. The number of carbonyl (C=O) groups is 1. The third-order valence-corrected chi connectivity index (χ3v) is 2.59. The van der Waals surface area contributed by atoms with Gasteiger partial charge < -0.3 is 13.9 Å². The maximum Gasteiger partial charge on any atom is 0.420 e. The minimum absolute atomic E-state index is 0.0356. The SMILES string of the molecule is COC(=O)c1cc(OC)c2occ(C(F)(F)F)c2c1. The van der Waals surface area contributed by atoms with Crippen molar-refractivity contribution in [1.82, 2.24) is 0 Å². The lowest BCUT2D eigenvalue weighted by Crippen LogP contribution is -2.05. The molecule has 102 valence electrons. The van der Waals surface area contributed by atoms with E-state index in [-0.39, 0.29) is 22.3 Å². The van der Waals surface area contributed by atoms with E-state index in [2.05, 4.69) is 4.74 Å². The van der Waals surface area contributed by atoms with Crippen LogP contribution in [0.5, 0.6) is 5.75 Å². The Hall–Kier alpha value is -2.18. The first kappa shape index (κ1) is 13.3. The van der Waals surface area contributed by atoms with E-state index in [1.165, 1.54) is 13.2 Å². The molecular formula is C12H9F3O4. The summed E-state index contributed by atoms with van der Waals surface area (Å²) < 4.78 is 52.6. The highest BCUT2D eigenvalue weighted by Crippen LogP contribution is 2.39. The fourth-order valence-corrected chi connectivity index (χ4v) is 1.71. The van der Waals surface area contributed by atoms with Crippen LogP contribution in [0.3, 0.4) is 0 Å². The van der Waals surface area contributed by atoms with Crippen molar-refractivity contribution in [3.8, 4) is 5.75 Å². The molecule has 1 heterocycles. The van der Waals surface area contributed by atoms with Gasteiger partial charge in [-0.2, -0.15) is 13.2 Å². The first-order chi connectivity index (χ1) is 8.88. The number of benzene rings is 1. The van der Waals surface area contributed by atoms with Crippen LogP contribution in [0.1, 0.15) is 15.9 Å². The van der Waals surface area contributed by atoms with Crippen LogP contribution < -0.4 is 4.74 Å². The highest BCUT2D eigenvalue weighted by molar-refractivity contribution is 5.97. The van der Waals surface area contributed by atoms with Crippen LogP contribution in [-0.4, -0.2) is 20.2 Å². The summed E-state index contributed by atoms with van der Waals surface area (Å²) in [6, 6.07) is 2.33. The summed E-state index contributed by atoms with van der Waals surface area (Å²) in [4.78, 5) is 11.4. The van der Waals surface area contributed by atoms with E-state index >= 15 is 0 Å². The number of carbonyl (C=O) groups excluding carboxylic acids is 1. The molecule has 0 aliphatic heterocycles. The maximum atomic E-state index is 12.8. The van der Waals surface area contributed by atoms with Gasteiger partial charge in [0.25, 0.3) is 0 Å². The zero-order valence-corrected chi connectivity index (χ0v) is 10.00. The Morgan fingerprint density at radius 2 is 1.95 bits per heavy atom. The molecule has 0 atom stereocenters. The van der Waals surface area contributed by atoms with E-state index in [4.69, 9.17) is 9.15 Å². The van der Waals surface area contributed by atoms with Gasteiger partial charge in [0.2, 0.25) is 0 Å². The predicted molar refractivity (Wildman–Crippen MR) is 59.1 cm³/mol. The fraction of sp³-hybridized carbons (Fsp3) is 0.250. The van der Waals surface area contributed by atoms with E-state index in [1.54, 1.807) is 0 Å². The molecule has 0 spiro atoms. The Bertz CT molecular complexity index is 628. The number of ether oxygens (including phenoxy) is 2. The summed E-state index contributed by atoms with van der Waals surface area (Å²) in [7, 11) is 2.41. The summed E-state index contributed by atoms with van der Waals surface area (Å²) in [5.41, 5.74) is -1.08. The quantitative estimate of drug-likeness (QED) is 0.789. The third-order valence-electron chi connectivity index (χ3n) is 2.59. The zero-order chi connectivity index (χ0) is 14.2. The standard InChI is InChI=1S/C12H9F3O4/c1-17-9-4-6(11(16)18-2)3-7-8(12(13,14)15)5-19-10(7)9/h3-5H,1-2H3. The molecule has 1 aromatic heterocycles. The topological polar surface area (TPSA) is 48.7 Å². The van der Waals surface area contributed by atoms with Crippen LogP contribution in [-0.2, 0) is 10.9 Å².